The average molecular weight is 439 g/mol. The second-order valence-corrected chi connectivity index (χ2v) is 9.56. The van der Waals surface area contributed by atoms with Crippen LogP contribution in [0.25, 0.3) is 0 Å². The highest BCUT2D eigenvalue weighted by atomic mass is 35.5. The number of likely N-dealkylation sites (tertiary alicyclic amines) is 1. The van der Waals surface area contributed by atoms with Crippen LogP contribution in [0.3, 0.4) is 0 Å². The predicted molar refractivity (Wildman–Crippen MR) is 127 cm³/mol. The van der Waals surface area contributed by atoms with Crippen molar-refractivity contribution >= 4 is 33.8 Å². The number of amides is 1. The standard InChI is InChI=1S/C25H27ClN2OS/c1-17-18(2)30-25(27-24(29)19-10-5-3-6-11-19)22(17)23(28-14-7-4-8-15-28)20-12-9-13-21(26)16-20/h3,5-6,9-13,16,23H,4,7-8,14-15H2,1-2H3,(H,27,29). The van der Waals surface area contributed by atoms with Crippen molar-refractivity contribution in [1.29, 1.82) is 0 Å². The van der Waals surface area contributed by atoms with Gasteiger partial charge in [-0.2, -0.15) is 0 Å². The van der Waals surface area contributed by atoms with E-state index in [4.69, 9.17) is 11.6 Å². The Kier molecular flexibility index (Phi) is 6.57. The van der Waals surface area contributed by atoms with Crippen LogP contribution in [0.15, 0.2) is 54.6 Å². The van der Waals surface area contributed by atoms with Crippen LogP contribution in [-0.2, 0) is 0 Å². The first-order valence-electron chi connectivity index (χ1n) is 10.5. The molecule has 0 bridgehead atoms. The average Bonchev–Trinajstić information content (AvgIpc) is 3.03. The zero-order valence-corrected chi connectivity index (χ0v) is 19.0. The third-order valence-electron chi connectivity index (χ3n) is 5.89. The zero-order chi connectivity index (χ0) is 21.1. The number of aryl methyl sites for hydroxylation is 1. The van der Waals surface area contributed by atoms with Crippen molar-refractivity contribution in [2.75, 3.05) is 18.4 Å². The van der Waals surface area contributed by atoms with Crippen LogP contribution in [0.2, 0.25) is 5.02 Å². The molecule has 3 aromatic rings. The molecular formula is C25H27ClN2OS. The van der Waals surface area contributed by atoms with Gasteiger partial charge >= 0.3 is 0 Å². The maximum atomic E-state index is 12.9. The van der Waals surface area contributed by atoms with Gasteiger partial charge in [-0.05, 0) is 75.2 Å². The fraction of sp³-hybridized carbons (Fsp3) is 0.320. The Balaban J connectivity index is 1.77. The molecule has 3 nitrogen and oxygen atoms in total. The molecule has 0 aliphatic carbocycles. The summed E-state index contributed by atoms with van der Waals surface area (Å²) in [5.74, 6) is -0.0680. The van der Waals surface area contributed by atoms with Gasteiger partial charge in [0.1, 0.15) is 5.00 Å². The van der Waals surface area contributed by atoms with E-state index in [9.17, 15) is 4.79 Å². The number of rotatable bonds is 5. The second-order valence-electron chi connectivity index (χ2n) is 7.90. The molecule has 1 fully saturated rings. The third kappa shape index (κ3) is 4.46. The van der Waals surface area contributed by atoms with Gasteiger partial charge in [0.2, 0.25) is 0 Å². The number of thiophene rings is 1. The summed E-state index contributed by atoms with van der Waals surface area (Å²) >= 11 is 8.04. The lowest BCUT2D eigenvalue weighted by molar-refractivity contribution is 0.102. The normalized spacial score (nSPS) is 15.7. The van der Waals surface area contributed by atoms with Crippen molar-refractivity contribution in [3.05, 3.63) is 86.8 Å². The van der Waals surface area contributed by atoms with Crippen LogP contribution in [-0.4, -0.2) is 23.9 Å². The van der Waals surface area contributed by atoms with E-state index in [1.807, 2.05) is 42.5 Å². The van der Waals surface area contributed by atoms with Crippen molar-refractivity contribution in [3.8, 4) is 0 Å². The van der Waals surface area contributed by atoms with Gasteiger partial charge in [-0.25, -0.2) is 0 Å². The molecular weight excluding hydrogens is 412 g/mol. The number of anilines is 1. The van der Waals surface area contributed by atoms with E-state index in [1.165, 1.54) is 40.8 Å². The van der Waals surface area contributed by atoms with Crippen LogP contribution in [0.4, 0.5) is 5.00 Å². The number of nitrogens with zero attached hydrogens (tertiary/aromatic N) is 1. The second kappa shape index (κ2) is 9.34. The fourth-order valence-electron chi connectivity index (χ4n) is 4.24. The lowest BCUT2D eigenvalue weighted by Crippen LogP contribution is -2.35. The quantitative estimate of drug-likeness (QED) is 0.472. The maximum absolute atomic E-state index is 12.9. The van der Waals surface area contributed by atoms with Crippen LogP contribution < -0.4 is 5.32 Å². The summed E-state index contributed by atoms with van der Waals surface area (Å²) in [5, 5.41) is 4.90. The van der Waals surface area contributed by atoms with Gasteiger partial charge in [-0.1, -0.05) is 48.4 Å². The highest BCUT2D eigenvalue weighted by molar-refractivity contribution is 7.16. The van der Waals surface area contributed by atoms with E-state index in [0.29, 0.717) is 5.56 Å². The lowest BCUT2D eigenvalue weighted by atomic mass is 9.93. The van der Waals surface area contributed by atoms with Crippen molar-refractivity contribution in [2.24, 2.45) is 0 Å². The number of benzene rings is 2. The summed E-state index contributed by atoms with van der Waals surface area (Å²) in [6.07, 6.45) is 3.67. The highest BCUT2D eigenvalue weighted by Crippen LogP contribution is 2.43. The Hall–Kier alpha value is -2.14. The van der Waals surface area contributed by atoms with Crippen molar-refractivity contribution in [2.45, 2.75) is 39.2 Å². The lowest BCUT2D eigenvalue weighted by Gasteiger charge is -2.36. The number of hydrogen-bond donors (Lipinski definition) is 1. The molecule has 1 aromatic heterocycles. The number of piperidine rings is 1. The van der Waals surface area contributed by atoms with Gasteiger partial charge in [0.25, 0.3) is 5.91 Å². The molecule has 1 unspecified atom stereocenters. The van der Waals surface area contributed by atoms with Crippen molar-refractivity contribution in [3.63, 3.8) is 0 Å². The molecule has 0 spiro atoms. The van der Waals surface area contributed by atoms with Gasteiger partial charge in [0.05, 0.1) is 6.04 Å². The van der Waals surface area contributed by atoms with E-state index >= 15 is 0 Å². The van der Waals surface area contributed by atoms with Crippen LogP contribution >= 0.6 is 22.9 Å². The number of halogens is 1. The van der Waals surface area contributed by atoms with E-state index in [0.717, 1.165) is 23.1 Å². The van der Waals surface area contributed by atoms with Crippen LogP contribution in [0.1, 0.15) is 57.2 Å². The molecule has 1 N–H and O–H groups in total. The molecule has 30 heavy (non-hydrogen) atoms. The largest absolute Gasteiger partial charge is 0.313 e. The number of carbonyl (C=O) groups excluding carboxylic acids is 1. The minimum Gasteiger partial charge on any atom is -0.313 e. The molecule has 5 heteroatoms. The minimum absolute atomic E-state index is 0.0680. The molecule has 1 aliphatic heterocycles. The zero-order valence-electron chi connectivity index (χ0n) is 17.5. The molecule has 2 heterocycles. The van der Waals surface area contributed by atoms with Gasteiger partial charge in [-0.15, -0.1) is 11.3 Å². The predicted octanol–water partition coefficient (Wildman–Crippen LogP) is 6.85. The van der Waals surface area contributed by atoms with Gasteiger partial charge in [-0.3, -0.25) is 9.69 Å². The Morgan fingerprint density at radius 2 is 1.77 bits per heavy atom. The van der Waals surface area contributed by atoms with E-state index < -0.39 is 0 Å². The van der Waals surface area contributed by atoms with Crippen molar-refractivity contribution < 1.29 is 4.79 Å². The number of hydrogen-bond acceptors (Lipinski definition) is 3. The van der Waals surface area contributed by atoms with E-state index in [2.05, 4.69) is 36.2 Å². The first kappa shape index (κ1) is 21.1. The SMILES string of the molecule is Cc1sc(NC(=O)c2ccccc2)c(C(c2cccc(Cl)c2)N2CCCCC2)c1C. The fourth-order valence-corrected chi connectivity index (χ4v) is 5.53. The Bertz CT molecular complexity index is 1020. The van der Waals surface area contributed by atoms with Crippen LogP contribution in [0, 0.1) is 13.8 Å². The molecule has 0 radical (unpaired) electrons. The topological polar surface area (TPSA) is 32.3 Å². The third-order valence-corrected chi connectivity index (χ3v) is 7.26. The molecule has 1 saturated heterocycles. The molecule has 4 rings (SSSR count). The Morgan fingerprint density at radius 1 is 1.03 bits per heavy atom. The van der Waals surface area contributed by atoms with Crippen molar-refractivity contribution in [1.82, 2.24) is 4.90 Å². The Morgan fingerprint density at radius 3 is 2.47 bits per heavy atom. The minimum atomic E-state index is -0.0680. The summed E-state index contributed by atoms with van der Waals surface area (Å²) in [4.78, 5) is 16.7. The molecule has 0 saturated carbocycles. The van der Waals surface area contributed by atoms with Gasteiger partial charge in [0.15, 0.2) is 0 Å². The molecule has 2 aromatic carbocycles. The molecule has 1 amide bonds. The summed E-state index contributed by atoms with van der Waals surface area (Å²) in [5.41, 5.74) is 4.30. The maximum Gasteiger partial charge on any atom is 0.256 e. The summed E-state index contributed by atoms with van der Waals surface area (Å²) in [6, 6.07) is 17.6. The van der Waals surface area contributed by atoms with E-state index in [-0.39, 0.29) is 11.9 Å². The smallest absolute Gasteiger partial charge is 0.256 e. The Labute approximate surface area is 187 Å². The first-order chi connectivity index (χ1) is 14.5. The summed E-state index contributed by atoms with van der Waals surface area (Å²) in [7, 11) is 0. The summed E-state index contributed by atoms with van der Waals surface area (Å²) in [6.45, 7) is 6.41. The first-order valence-corrected chi connectivity index (χ1v) is 11.7. The highest BCUT2D eigenvalue weighted by Gasteiger charge is 2.30. The van der Waals surface area contributed by atoms with Crippen LogP contribution in [0.5, 0.6) is 0 Å². The summed E-state index contributed by atoms with van der Waals surface area (Å²) < 4.78 is 0. The monoisotopic (exact) mass is 438 g/mol. The van der Waals surface area contributed by atoms with E-state index in [1.54, 1.807) is 11.3 Å². The molecule has 1 aliphatic rings. The van der Waals surface area contributed by atoms with Gasteiger partial charge < -0.3 is 5.32 Å². The number of nitrogens with one attached hydrogen (secondary N) is 1. The molecule has 156 valence electrons. The number of carbonyl (C=O) groups is 1. The molecule has 1 atom stereocenters. The van der Waals surface area contributed by atoms with Gasteiger partial charge in [0, 0.05) is 21.0 Å².